The van der Waals surface area contributed by atoms with E-state index in [1.807, 2.05) is 0 Å². The molecule has 0 amide bonds. The molecule has 1 aliphatic carbocycles. The molecule has 1 aliphatic heterocycles. The summed E-state index contributed by atoms with van der Waals surface area (Å²) in [5.41, 5.74) is -0.134. The van der Waals surface area contributed by atoms with Gasteiger partial charge in [-0.3, -0.25) is 0 Å². The maximum absolute atomic E-state index is 14.0. The second-order valence-corrected chi connectivity index (χ2v) is 8.93. The summed E-state index contributed by atoms with van der Waals surface area (Å²) in [7, 11) is 0. The van der Waals surface area contributed by atoms with E-state index >= 15 is 0 Å². The summed E-state index contributed by atoms with van der Waals surface area (Å²) < 4.78 is 58.0. The second-order valence-electron chi connectivity index (χ2n) is 8.93. The molecule has 11 heteroatoms. The number of ether oxygens (including phenoxy) is 1. The van der Waals surface area contributed by atoms with Gasteiger partial charge >= 0.3 is 6.18 Å². The minimum atomic E-state index is -4.77. The van der Waals surface area contributed by atoms with Crippen molar-refractivity contribution in [2.24, 2.45) is 0 Å². The SMILES string of the molecule is OC1c2ccc(-c3noc(-c4onc(-c5ccccc5)c4C(F)(F)F)n3)cc2OCC1NC1CCC1. The highest BCUT2D eigenvalue weighted by Crippen LogP contribution is 2.43. The van der Waals surface area contributed by atoms with Crippen LogP contribution in [0.1, 0.15) is 36.5 Å². The van der Waals surface area contributed by atoms with Gasteiger partial charge in [0, 0.05) is 22.7 Å². The lowest BCUT2D eigenvalue weighted by molar-refractivity contribution is -0.136. The van der Waals surface area contributed by atoms with E-state index in [1.165, 1.54) is 18.6 Å². The highest BCUT2D eigenvalue weighted by molar-refractivity contribution is 5.71. The molecule has 8 nitrogen and oxygen atoms in total. The van der Waals surface area contributed by atoms with Gasteiger partial charge in [-0.25, -0.2) is 0 Å². The number of halogens is 3. The Morgan fingerprint density at radius 3 is 2.50 bits per heavy atom. The Hall–Kier alpha value is -3.70. The maximum atomic E-state index is 14.0. The summed E-state index contributed by atoms with van der Waals surface area (Å²) in [5.74, 6) is -0.600. The number of aromatic nitrogens is 3. The monoisotopic (exact) mass is 498 g/mol. The first-order valence-corrected chi connectivity index (χ1v) is 11.6. The third kappa shape index (κ3) is 4.03. The van der Waals surface area contributed by atoms with Gasteiger partial charge in [-0.2, -0.15) is 18.2 Å². The molecule has 2 atom stereocenters. The van der Waals surface area contributed by atoms with E-state index in [-0.39, 0.29) is 23.1 Å². The van der Waals surface area contributed by atoms with Gasteiger partial charge in [-0.05, 0) is 18.9 Å². The number of benzene rings is 2. The summed E-state index contributed by atoms with van der Waals surface area (Å²) in [6.45, 7) is 0.293. The lowest BCUT2D eigenvalue weighted by atomic mass is 9.90. The topological polar surface area (TPSA) is 106 Å². The highest BCUT2D eigenvalue weighted by Gasteiger charge is 2.43. The zero-order valence-corrected chi connectivity index (χ0v) is 18.8. The first kappa shape index (κ1) is 22.7. The summed E-state index contributed by atoms with van der Waals surface area (Å²) in [6.07, 6.45) is -2.16. The van der Waals surface area contributed by atoms with Crippen LogP contribution in [-0.2, 0) is 6.18 Å². The van der Waals surface area contributed by atoms with Crippen LogP contribution in [0.15, 0.2) is 57.6 Å². The molecule has 4 aromatic rings. The van der Waals surface area contributed by atoms with E-state index in [0.717, 1.165) is 12.8 Å². The maximum Gasteiger partial charge on any atom is 0.422 e. The van der Waals surface area contributed by atoms with E-state index in [0.29, 0.717) is 29.5 Å². The standard InChI is InChI=1S/C25H21F3N4O4/c26-25(27,28)19-20(13-5-2-1-3-6-13)31-35-22(19)24-30-23(32-36-24)14-9-10-16-18(11-14)34-12-17(21(16)33)29-15-7-4-8-15/h1-3,5-6,9-11,15,17,21,29,33H,4,7-8,12H2. The molecular formula is C25H21F3N4O4. The summed E-state index contributed by atoms with van der Waals surface area (Å²) in [6, 6.07) is 13.1. The Morgan fingerprint density at radius 2 is 1.78 bits per heavy atom. The number of hydrogen-bond donors (Lipinski definition) is 2. The molecule has 0 bridgehead atoms. The fourth-order valence-electron chi connectivity index (χ4n) is 4.47. The van der Waals surface area contributed by atoms with E-state index in [4.69, 9.17) is 13.8 Å². The van der Waals surface area contributed by atoms with Gasteiger partial charge in [0.2, 0.25) is 11.6 Å². The fourth-order valence-corrected chi connectivity index (χ4v) is 4.47. The Kier molecular flexibility index (Phi) is 5.53. The van der Waals surface area contributed by atoms with Crippen molar-refractivity contribution in [3.8, 4) is 40.0 Å². The minimum Gasteiger partial charge on any atom is -0.491 e. The molecule has 36 heavy (non-hydrogen) atoms. The third-order valence-corrected chi connectivity index (χ3v) is 6.59. The van der Waals surface area contributed by atoms with E-state index in [2.05, 4.69) is 20.6 Å². The van der Waals surface area contributed by atoms with E-state index in [1.54, 1.807) is 36.4 Å². The van der Waals surface area contributed by atoms with Gasteiger partial charge in [-0.15, -0.1) is 0 Å². The largest absolute Gasteiger partial charge is 0.491 e. The van der Waals surface area contributed by atoms with Crippen LogP contribution in [0, 0.1) is 0 Å². The number of rotatable bonds is 5. The van der Waals surface area contributed by atoms with Gasteiger partial charge in [0.05, 0.1) is 6.04 Å². The zero-order valence-electron chi connectivity index (χ0n) is 18.8. The predicted molar refractivity (Wildman–Crippen MR) is 121 cm³/mol. The number of fused-ring (bicyclic) bond motifs is 1. The van der Waals surface area contributed by atoms with Crippen molar-refractivity contribution in [3.05, 3.63) is 59.7 Å². The van der Waals surface area contributed by atoms with E-state index < -0.39 is 29.5 Å². The van der Waals surface area contributed by atoms with Crippen molar-refractivity contribution < 1.29 is 32.1 Å². The first-order chi connectivity index (χ1) is 17.4. The average molecular weight is 498 g/mol. The number of nitrogens with one attached hydrogen (secondary N) is 1. The van der Waals surface area contributed by atoms with E-state index in [9.17, 15) is 18.3 Å². The Bertz CT molecular complexity index is 1380. The molecule has 0 saturated heterocycles. The molecule has 1 saturated carbocycles. The Labute approximate surface area is 203 Å². The smallest absolute Gasteiger partial charge is 0.422 e. The molecule has 2 aromatic heterocycles. The van der Waals surface area contributed by atoms with Crippen molar-refractivity contribution >= 4 is 0 Å². The number of aliphatic hydroxyl groups excluding tert-OH is 1. The van der Waals surface area contributed by atoms with Crippen molar-refractivity contribution in [1.82, 2.24) is 20.6 Å². The van der Waals surface area contributed by atoms with Crippen LogP contribution in [-0.4, -0.2) is 39.1 Å². The van der Waals surface area contributed by atoms with Gasteiger partial charge in [0.15, 0.2) is 0 Å². The van der Waals surface area contributed by atoms with Crippen molar-refractivity contribution in [2.45, 2.75) is 43.6 Å². The van der Waals surface area contributed by atoms with Crippen molar-refractivity contribution in [3.63, 3.8) is 0 Å². The highest BCUT2D eigenvalue weighted by atomic mass is 19.4. The number of hydrogen-bond acceptors (Lipinski definition) is 8. The number of nitrogens with zero attached hydrogens (tertiary/aromatic N) is 3. The van der Waals surface area contributed by atoms with Crippen LogP contribution < -0.4 is 10.1 Å². The minimum absolute atomic E-state index is 0.0476. The molecule has 2 aromatic carbocycles. The zero-order chi connectivity index (χ0) is 24.9. The second kappa shape index (κ2) is 8.75. The molecular weight excluding hydrogens is 477 g/mol. The molecule has 0 spiro atoms. The van der Waals surface area contributed by atoms with Gasteiger partial charge in [0.1, 0.15) is 29.7 Å². The molecule has 3 heterocycles. The summed E-state index contributed by atoms with van der Waals surface area (Å²) >= 11 is 0. The number of aliphatic hydroxyl groups is 1. The number of alkyl halides is 3. The first-order valence-electron chi connectivity index (χ1n) is 11.6. The van der Waals surface area contributed by atoms with Crippen molar-refractivity contribution in [2.75, 3.05) is 6.61 Å². The summed E-state index contributed by atoms with van der Waals surface area (Å²) in [4.78, 5) is 4.13. The lowest BCUT2D eigenvalue weighted by Gasteiger charge is -2.36. The Morgan fingerprint density at radius 1 is 0.972 bits per heavy atom. The predicted octanol–water partition coefficient (Wildman–Crippen LogP) is 5.01. The van der Waals surface area contributed by atoms with Crippen molar-refractivity contribution in [1.29, 1.82) is 0 Å². The Balaban J connectivity index is 1.30. The van der Waals surface area contributed by atoms with Gasteiger partial charge in [-0.1, -0.05) is 59.2 Å². The normalized spacial score (nSPS) is 20.0. The molecule has 186 valence electrons. The molecule has 1 fully saturated rings. The lowest BCUT2D eigenvalue weighted by Crippen LogP contribution is -2.49. The average Bonchev–Trinajstić information content (AvgIpc) is 3.50. The third-order valence-electron chi connectivity index (χ3n) is 6.59. The van der Waals surface area contributed by atoms with Crippen LogP contribution >= 0.6 is 0 Å². The fraction of sp³-hybridized carbons (Fsp3) is 0.320. The van der Waals surface area contributed by atoms with Gasteiger partial charge in [0.25, 0.3) is 5.89 Å². The molecule has 2 N–H and O–H groups in total. The summed E-state index contributed by atoms with van der Waals surface area (Å²) in [5, 5.41) is 21.7. The van der Waals surface area contributed by atoms with Crippen LogP contribution in [0.5, 0.6) is 5.75 Å². The molecule has 2 unspecified atom stereocenters. The quantitative estimate of drug-likeness (QED) is 0.395. The van der Waals surface area contributed by atoms with Crippen LogP contribution in [0.4, 0.5) is 13.2 Å². The van der Waals surface area contributed by atoms with Gasteiger partial charge < -0.3 is 24.2 Å². The van der Waals surface area contributed by atoms with Crippen LogP contribution in [0.25, 0.3) is 34.3 Å². The van der Waals surface area contributed by atoms with Crippen LogP contribution in [0.2, 0.25) is 0 Å². The molecule has 2 aliphatic rings. The molecule has 6 rings (SSSR count). The van der Waals surface area contributed by atoms with Crippen LogP contribution in [0.3, 0.4) is 0 Å². The molecule has 0 radical (unpaired) electrons.